The average Bonchev–Trinajstić information content (AvgIpc) is 3.11. The lowest BCUT2D eigenvalue weighted by atomic mass is 10.0. The van der Waals surface area contributed by atoms with Gasteiger partial charge in [0.2, 0.25) is 0 Å². The highest BCUT2D eigenvalue weighted by molar-refractivity contribution is 5.85. The molecule has 0 radical (unpaired) electrons. The maximum atomic E-state index is 10.9. The van der Waals surface area contributed by atoms with Crippen LogP contribution in [-0.2, 0) is 4.79 Å². The highest BCUT2D eigenvalue weighted by Gasteiger charge is 2.30. The van der Waals surface area contributed by atoms with Crippen LogP contribution in [0.25, 0.3) is 0 Å². The number of methoxy groups -OCH3 is 1. The topological polar surface area (TPSA) is 61.6 Å². The number of nitrogens with two attached hydrogens (primary N) is 1. The molecule has 4 nitrogen and oxygen atoms in total. The smallest absolute Gasteiger partial charge is 0.308 e. The van der Waals surface area contributed by atoms with Crippen LogP contribution in [0, 0.1) is 5.92 Å². The zero-order valence-electron chi connectivity index (χ0n) is 10.5. The summed E-state index contributed by atoms with van der Waals surface area (Å²) in [5.74, 6) is 1.21. The summed E-state index contributed by atoms with van der Waals surface area (Å²) in [6, 6.07) is 5.53. The van der Waals surface area contributed by atoms with Gasteiger partial charge in [-0.1, -0.05) is 6.07 Å². The van der Waals surface area contributed by atoms with Crippen LogP contribution >= 0.6 is 12.4 Å². The predicted molar refractivity (Wildman–Crippen MR) is 71.2 cm³/mol. The minimum absolute atomic E-state index is 0. The first kappa shape index (κ1) is 14.8. The lowest BCUT2D eigenvalue weighted by Crippen LogP contribution is -2.12. The van der Waals surface area contributed by atoms with Gasteiger partial charge in [-0.05, 0) is 36.5 Å². The third-order valence-corrected chi connectivity index (χ3v) is 2.96. The third-order valence-electron chi connectivity index (χ3n) is 2.96. The van der Waals surface area contributed by atoms with Crippen LogP contribution in [0.2, 0.25) is 0 Å². The summed E-state index contributed by atoms with van der Waals surface area (Å²) in [5, 5.41) is 0. The van der Waals surface area contributed by atoms with Crippen molar-refractivity contribution < 1.29 is 14.3 Å². The Morgan fingerprint density at radius 1 is 1.39 bits per heavy atom. The van der Waals surface area contributed by atoms with Crippen molar-refractivity contribution in [2.45, 2.75) is 25.8 Å². The normalized spacial score (nSPS) is 15.5. The van der Waals surface area contributed by atoms with Gasteiger partial charge in [-0.3, -0.25) is 4.79 Å². The number of halogens is 1. The molecule has 1 aliphatic rings. The molecule has 0 aromatic heterocycles. The summed E-state index contributed by atoms with van der Waals surface area (Å²) in [4.78, 5) is 10.9. The maximum Gasteiger partial charge on any atom is 0.308 e. The first-order valence-electron chi connectivity index (χ1n) is 5.73. The molecule has 5 heteroatoms. The van der Waals surface area contributed by atoms with E-state index in [1.54, 1.807) is 13.2 Å². The van der Waals surface area contributed by atoms with E-state index in [1.165, 1.54) is 19.8 Å². The summed E-state index contributed by atoms with van der Waals surface area (Å²) in [6.07, 6.45) is 2.38. The summed E-state index contributed by atoms with van der Waals surface area (Å²) in [5.41, 5.74) is 7.14. The molecule has 0 bridgehead atoms. The van der Waals surface area contributed by atoms with Crippen molar-refractivity contribution in [3.63, 3.8) is 0 Å². The number of esters is 1. The van der Waals surface area contributed by atoms with Gasteiger partial charge in [0.1, 0.15) is 0 Å². The minimum Gasteiger partial charge on any atom is -0.493 e. The van der Waals surface area contributed by atoms with Crippen LogP contribution in [0.1, 0.15) is 31.4 Å². The van der Waals surface area contributed by atoms with Crippen molar-refractivity contribution in [3.8, 4) is 11.5 Å². The fourth-order valence-electron chi connectivity index (χ4n) is 1.86. The van der Waals surface area contributed by atoms with E-state index in [4.69, 9.17) is 15.2 Å². The Morgan fingerprint density at radius 3 is 2.56 bits per heavy atom. The highest BCUT2D eigenvalue weighted by Crippen LogP contribution is 2.41. The molecule has 1 fully saturated rings. The van der Waals surface area contributed by atoms with Crippen molar-refractivity contribution in [3.05, 3.63) is 23.8 Å². The predicted octanol–water partition coefficient (Wildman–Crippen LogP) is 2.45. The molecule has 0 spiro atoms. The SMILES string of the molecule is COc1cc([C@H](N)C2CC2)ccc1OC(C)=O.Cl. The fourth-order valence-corrected chi connectivity index (χ4v) is 1.86. The van der Waals surface area contributed by atoms with E-state index < -0.39 is 0 Å². The molecule has 0 amide bonds. The first-order valence-corrected chi connectivity index (χ1v) is 5.73. The Hall–Kier alpha value is -1.26. The van der Waals surface area contributed by atoms with E-state index in [-0.39, 0.29) is 24.4 Å². The van der Waals surface area contributed by atoms with Crippen LogP contribution in [0.15, 0.2) is 18.2 Å². The molecule has 1 atom stereocenters. The van der Waals surface area contributed by atoms with E-state index in [0.717, 1.165) is 5.56 Å². The van der Waals surface area contributed by atoms with Gasteiger partial charge in [-0.15, -0.1) is 12.4 Å². The zero-order valence-corrected chi connectivity index (χ0v) is 11.3. The van der Waals surface area contributed by atoms with Gasteiger partial charge in [0.15, 0.2) is 11.5 Å². The summed E-state index contributed by atoms with van der Waals surface area (Å²) in [7, 11) is 1.55. The summed E-state index contributed by atoms with van der Waals surface area (Å²) in [6.45, 7) is 1.36. The average molecular weight is 272 g/mol. The quantitative estimate of drug-likeness (QED) is 0.675. The van der Waals surface area contributed by atoms with Crippen LogP contribution in [0.3, 0.4) is 0 Å². The molecule has 1 aromatic rings. The minimum atomic E-state index is -0.359. The molecule has 1 aliphatic carbocycles. The number of carbonyl (C=O) groups excluding carboxylic acids is 1. The molecular formula is C13H18ClNO3. The Bertz CT molecular complexity index is 432. The molecule has 1 saturated carbocycles. The highest BCUT2D eigenvalue weighted by atomic mass is 35.5. The molecule has 0 saturated heterocycles. The second-order valence-corrected chi connectivity index (χ2v) is 4.37. The summed E-state index contributed by atoms with van der Waals surface area (Å²) < 4.78 is 10.2. The number of hydrogen-bond acceptors (Lipinski definition) is 4. The van der Waals surface area contributed by atoms with Crippen LogP contribution in [0.4, 0.5) is 0 Å². The van der Waals surface area contributed by atoms with E-state index in [2.05, 4.69) is 0 Å². The third kappa shape index (κ3) is 3.37. The number of rotatable bonds is 4. The lowest BCUT2D eigenvalue weighted by molar-refractivity contribution is -0.132. The fraction of sp³-hybridized carbons (Fsp3) is 0.462. The van der Waals surface area contributed by atoms with Gasteiger partial charge in [0.25, 0.3) is 0 Å². The van der Waals surface area contributed by atoms with Crippen molar-refractivity contribution in [1.82, 2.24) is 0 Å². The molecular weight excluding hydrogens is 254 g/mol. The van der Waals surface area contributed by atoms with Crippen molar-refractivity contribution >= 4 is 18.4 Å². The molecule has 0 heterocycles. The number of benzene rings is 1. The van der Waals surface area contributed by atoms with Crippen molar-refractivity contribution in [2.75, 3.05) is 7.11 Å². The second kappa shape index (κ2) is 6.07. The molecule has 0 aliphatic heterocycles. The van der Waals surface area contributed by atoms with E-state index >= 15 is 0 Å². The summed E-state index contributed by atoms with van der Waals surface area (Å²) >= 11 is 0. The zero-order chi connectivity index (χ0) is 12.4. The standard InChI is InChI=1S/C13H17NO3.ClH/c1-8(15)17-11-6-5-10(7-12(11)16-2)13(14)9-3-4-9;/h5-7,9,13H,3-4,14H2,1-2H3;1H/t13-;/m1./s1. The van der Waals surface area contributed by atoms with Crippen LogP contribution in [0.5, 0.6) is 11.5 Å². The van der Waals surface area contributed by atoms with E-state index in [1.807, 2.05) is 12.1 Å². The van der Waals surface area contributed by atoms with E-state index in [0.29, 0.717) is 17.4 Å². The van der Waals surface area contributed by atoms with Crippen LogP contribution < -0.4 is 15.2 Å². The number of ether oxygens (including phenoxy) is 2. The van der Waals surface area contributed by atoms with Gasteiger partial charge >= 0.3 is 5.97 Å². The maximum absolute atomic E-state index is 10.9. The molecule has 2 N–H and O–H groups in total. The number of carbonyl (C=O) groups is 1. The van der Waals surface area contributed by atoms with Crippen molar-refractivity contribution in [1.29, 1.82) is 0 Å². The Morgan fingerprint density at radius 2 is 2.06 bits per heavy atom. The Labute approximate surface area is 113 Å². The largest absolute Gasteiger partial charge is 0.493 e. The van der Waals surface area contributed by atoms with Gasteiger partial charge in [-0.25, -0.2) is 0 Å². The Balaban J connectivity index is 0.00000162. The molecule has 0 unspecified atom stereocenters. The molecule has 1 aromatic carbocycles. The van der Waals surface area contributed by atoms with Gasteiger partial charge in [0, 0.05) is 13.0 Å². The Kier molecular flexibility index (Phi) is 4.99. The van der Waals surface area contributed by atoms with Gasteiger partial charge in [-0.2, -0.15) is 0 Å². The molecule has 18 heavy (non-hydrogen) atoms. The molecule has 2 rings (SSSR count). The monoisotopic (exact) mass is 271 g/mol. The van der Waals surface area contributed by atoms with E-state index in [9.17, 15) is 4.79 Å². The second-order valence-electron chi connectivity index (χ2n) is 4.37. The lowest BCUT2D eigenvalue weighted by Gasteiger charge is -2.14. The van der Waals surface area contributed by atoms with Gasteiger partial charge < -0.3 is 15.2 Å². The van der Waals surface area contributed by atoms with Crippen LogP contribution in [-0.4, -0.2) is 13.1 Å². The van der Waals surface area contributed by atoms with Crippen molar-refractivity contribution in [2.24, 2.45) is 11.7 Å². The molecule has 100 valence electrons. The first-order chi connectivity index (χ1) is 8.11. The number of hydrogen-bond donors (Lipinski definition) is 1. The van der Waals surface area contributed by atoms with Gasteiger partial charge in [0.05, 0.1) is 7.11 Å².